The van der Waals surface area contributed by atoms with Crippen molar-refractivity contribution in [1.29, 1.82) is 0 Å². The van der Waals surface area contributed by atoms with Crippen molar-refractivity contribution in [2.75, 3.05) is 19.3 Å². The molecule has 0 aliphatic carbocycles. The number of pyridine rings is 1. The predicted octanol–water partition coefficient (Wildman–Crippen LogP) is 1.71. The van der Waals surface area contributed by atoms with Crippen LogP contribution in [0.15, 0.2) is 12.3 Å². The third-order valence-electron chi connectivity index (χ3n) is 3.12. The fourth-order valence-electron chi connectivity index (χ4n) is 1.94. The maximum Gasteiger partial charge on any atom is 0.245 e. The van der Waals surface area contributed by atoms with E-state index in [4.69, 9.17) is 17.3 Å². The summed E-state index contributed by atoms with van der Waals surface area (Å²) in [6.45, 7) is 4.33. The lowest BCUT2D eigenvalue weighted by Gasteiger charge is -2.21. The molecular weight excluding hydrogens is 266 g/mol. The summed E-state index contributed by atoms with van der Waals surface area (Å²) in [4.78, 5) is 22.2. The van der Waals surface area contributed by atoms with Crippen LogP contribution >= 0.6 is 11.6 Å². The summed E-state index contributed by atoms with van der Waals surface area (Å²) in [5.41, 5.74) is 7.03. The Morgan fingerprint density at radius 2 is 2.32 bits per heavy atom. The number of rotatable bonds is 3. The molecule has 2 N–H and O–H groups in total. The lowest BCUT2D eigenvalue weighted by Crippen LogP contribution is -2.33. The number of hydrogen-bond donors (Lipinski definition) is 1. The van der Waals surface area contributed by atoms with Gasteiger partial charge >= 0.3 is 0 Å². The highest BCUT2D eigenvalue weighted by molar-refractivity contribution is 6.31. The van der Waals surface area contributed by atoms with Crippen LogP contribution in [0.2, 0.25) is 5.02 Å². The first-order chi connectivity index (χ1) is 8.95. The van der Waals surface area contributed by atoms with Gasteiger partial charge in [-0.3, -0.25) is 9.36 Å². The molecule has 7 heteroatoms. The maximum atomic E-state index is 12.2. The first-order valence-electron chi connectivity index (χ1n) is 5.99. The number of hydrogen-bond acceptors (Lipinski definition) is 4. The number of carbonyl (C=O) groups is 1. The van der Waals surface area contributed by atoms with Crippen LogP contribution in [0.5, 0.6) is 0 Å². The summed E-state index contributed by atoms with van der Waals surface area (Å²) in [5, 5.41) is 0.488. The van der Waals surface area contributed by atoms with Gasteiger partial charge in [0.05, 0.1) is 5.02 Å². The molecule has 0 radical (unpaired) electrons. The van der Waals surface area contributed by atoms with Gasteiger partial charge < -0.3 is 10.6 Å². The molecule has 0 saturated heterocycles. The summed E-state index contributed by atoms with van der Waals surface area (Å²) in [6, 6.07) is 1.22. The third kappa shape index (κ3) is 2.35. The lowest BCUT2D eigenvalue weighted by molar-refractivity contribution is -0.132. The highest BCUT2D eigenvalue weighted by Crippen LogP contribution is 2.24. The van der Waals surface area contributed by atoms with E-state index >= 15 is 0 Å². The van der Waals surface area contributed by atoms with Crippen LogP contribution < -0.4 is 5.73 Å². The van der Waals surface area contributed by atoms with E-state index in [9.17, 15) is 4.79 Å². The zero-order chi connectivity index (χ0) is 14.2. The number of nitrogen functional groups attached to an aromatic ring is 1. The minimum Gasteiger partial charge on any atom is -0.369 e. The number of likely N-dealkylation sites (N-methyl/N-ethyl adjacent to an activating group) is 1. The van der Waals surface area contributed by atoms with Gasteiger partial charge in [-0.1, -0.05) is 11.6 Å². The van der Waals surface area contributed by atoms with Crippen molar-refractivity contribution < 1.29 is 4.79 Å². The second kappa shape index (κ2) is 5.05. The van der Waals surface area contributed by atoms with Crippen molar-refractivity contribution in [2.45, 2.75) is 19.9 Å². The average Bonchev–Trinajstić information content (AvgIpc) is 2.71. The van der Waals surface area contributed by atoms with Crippen molar-refractivity contribution in [3.8, 4) is 0 Å². The predicted molar refractivity (Wildman–Crippen MR) is 75.0 cm³/mol. The van der Waals surface area contributed by atoms with Gasteiger partial charge in [0.1, 0.15) is 11.6 Å². The molecule has 0 aliphatic rings. The Kier molecular flexibility index (Phi) is 3.61. The fraction of sp³-hybridized carbons (Fsp3) is 0.417. The second-order valence-electron chi connectivity index (χ2n) is 4.36. The molecule has 0 spiro atoms. The molecule has 1 atom stereocenters. The Morgan fingerprint density at radius 3 is 2.95 bits per heavy atom. The summed E-state index contributed by atoms with van der Waals surface area (Å²) in [7, 11) is 1.75. The van der Waals surface area contributed by atoms with E-state index in [0.717, 1.165) is 0 Å². The minimum absolute atomic E-state index is 0.0368. The quantitative estimate of drug-likeness (QED) is 0.929. The first-order valence-corrected chi connectivity index (χ1v) is 6.37. The molecule has 0 fully saturated rings. The standard InChI is InChI=1S/C12H16ClN5O/c1-4-17(3)11(19)7(2)18-10-9(16-12(18)14)5-8(13)6-15-10/h5-7H,4H2,1-3H3,(H2,14,16). The molecule has 0 saturated carbocycles. The first kappa shape index (κ1) is 13.6. The van der Waals surface area contributed by atoms with Crippen molar-refractivity contribution in [3.63, 3.8) is 0 Å². The molecule has 0 bridgehead atoms. The van der Waals surface area contributed by atoms with E-state index in [0.29, 0.717) is 22.7 Å². The van der Waals surface area contributed by atoms with E-state index in [2.05, 4.69) is 9.97 Å². The minimum atomic E-state index is -0.455. The van der Waals surface area contributed by atoms with Crippen LogP contribution in [0.3, 0.4) is 0 Å². The Bertz CT molecular complexity index is 624. The number of aromatic nitrogens is 3. The summed E-state index contributed by atoms with van der Waals surface area (Å²) in [5.74, 6) is 0.223. The van der Waals surface area contributed by atoms with Crippen molar-refractivity contribution >= 4 is 34.6 Å². The third-order valence-corrected chi connectivity index (χ3v) is 3.33. The number of anilines is 1. The van der Waals surface area contributed by atoms with Gasteiger partial charge in [-0.25, -0.2) is 9.97 Å². The molecule has 2 rings (SSSR count). The molecule has 6 nitrogen and oxygen atoms in total. The van der Waals surface area contributed by atoms with Crippen LogP contribution in [0.1, 0.15) is 19.9 Å². The largest absolute Gasteiger partial charge is 0.369 e. The molecule has 1 amide bonds. The number of amides is 1. The van der Waals surface area contributed by atoms with Crippen molar-refractivity contribution in [1.82, 2.24) is 19.4 Å². The normalized spacial score (nSPS) is 12.6. The molecule has 102 valence electrons. The molecule has 0 aromatic carbocycles. The number of imidazole rings is 1. The zero-order valence-electron chi connectivity index (χ0n) is 11.1. The van der Waals surface area contributed by atoms with Crippen LogP contribution in [-0.2, 0) is 4.79 Å². The highest BCUT2D eigenvalue weighted by Gasteiger charge is 2.23. The van der Waals surface area contributed by atoms with Crippen molar-refractivity contribution in [3.05, 3.63) is 17.3 Å². The van der Waals surface area contributed by atoms with E-state index < -0.39 is 6.04 Å². The monoisotopic (exact) mass is 281 g/mol. The number of nitrogens with zero attached hydrogens (tertiary/aromatic N) is 4. The Labute approximate surface area is 116 Å². The molecule has 1 unspecified atom stereocenters. The maximum absolute atomic E-state index is 12.2. The van der Waals surface area contributed by atoms with Gasteiger partial charge in [0.15, 0.2) is 5.65 Å². The second-order valence-corrected chi connectivity index (χ2v) is 4.80. The van der Waals surface area contributed by atoms with Crippen LogP contribution in [-0.4, -0.2) is 38.9 Å². The highest BCUT2D eigenvalue weighted by atomic mass is 35.5. The average molecular weight is 282 g/mol. The molecule has 0 aliphatic heterocycles. The molecule has 19 heavy (non-hydrogen) atoms. The van der Waals surface area contributed by atoms with E-state index in [1.807, 2.05) is 6.92 Å². The van der Waals surface area contributed by atoms with E-state index in [1.54, 1.807) is 29.5 Å². The van der Waals surface area contributed by atoms with Crippen LogP contribution in [0.4, 0.5) is 5.95 Å². The fourth-order valence-corrected chi connectivity index (χ4v) is 2.09. The lowest BCUT2D eigenvalue weighted by atomic mass is 10.3. The van der Waals surface area contributed by atoms with E-state index in [-0.39, 0.29) is 11.9 Å². The SMILES string of the molecule is CCN(C)C(=O)C(C)n1c(N)nc2cc(Cl)cnc21. The van der Waals surface area contributed by atoms with Gasteiger partial charge in [0.2, 0.25) is 11.9 Å². The van der Waals surface area contributed by atoms with Gasteiger partial charge in [-0.05, 0) is 19.9 Å². The number of halogens is 1. The molecule has 2 heterocycles. The Hall–Kier alpha value is -1.82. The van der Waals surface area contributed by atoms with Crippen LogP contribution in [0, 0.1) is 0 Å². The molecular formula is C12H16ClN5O. The summed E-state index contributed by atoms with van der Waals surface area (Å²) < 4.78 is 1.63. The van der Waals surface area contributed by atoms with E-state index in [1.165, 1.54) is 6.20 Å². The summed E-state index contributed by atoms with van der Waals surface area (Å²) in [6.07, 6.45) is 1.52. The number of fused-ring (bicyclic) bond motifs is 1. The van der Waals surface area contributed by atoms with Crippen LogP contribution in [0.25, 0.3) is 11.2 Å². The Balaban J connectivity index is 2.50. The van der Waals surface area contributed by atoms with Gasteiger partial charge in [0, 0.05) is 19.8 Å². The smallest absolute Gasteiger partial charge is 0.245 e. The number of carbonyl (C=O) groups excluding carboxylic acids is 1. The van der Waals surface area contributed by atoms with Gasteiger partial charge in [0.25, 0.3) is 0 Å². The summed E-state index contributed by atoms with van der Waals surface area (Å²) >= 11 is 5.87. The topological polar surface area (TPSA) is 77.0 Å². The zero-order valence-corrected chi connectivity index (χ0v) is 11.8. The Morgan fingerprint density at radius 1 is 1.63 bits per heavy atom. The number of nitrogens with two attached hydrogens (primary N) is 1. The molecule has 2 aromatic rings. The van der Waals surface area contributed by atoms with Gasteiger partial charge in [-0.15, -0.1) is 0 Å². The molecule has 2 aromatic heterocycles. The van der Waals surface area contributed by atoms with Gasteiger partial charge in [-0.2, -0.15) is 0 Å². The van der Waals surface area contributed by atoms with Crippen molar-refractivity contribution in [2.24, 2.45) is 0 Å².